The van der Waals surface area contributed by atoms with Gasteiger partial charge in [0.2, 0.25) is 17.7 Å². The molecule has 4 unspecified atom stereocenters. The molecule has 0 spiro atoms. The summed E-state index contributed by atoms with van der Waals surface area (Å²) in [6.07, 6.45) is 0.652. The Hall–Kier alpha value is -2.97. The zero-order valence-corrected chi connectivity index (χ0v) is 18.3. The van der Waals surface area contributed by atoms with Crippen LogP contribution in [0, 0.1) is 0 Å². The van der Waals surface area contributed by atoms with Crippen LogP contribution in [0.1, 0.15) is 39.0 Å². The van der Waals surface area contributed by atoms with Crippen molar-refractivity contribution in [2.24, 2.45) is 27.9 Å². The number of carboxylic acids is 1. The minimum Gasteiger partial charge on any atom is -0.480 e. The van der Waals surface area contributed by atoms with Gasteiger partial charge in [0.05, 0.1) is 12.6 Å². The van der Waals surface area contributed by atoms with E-state index in [4.69, 9.17) is 22.9 Å². The Labute approximate surface area is 186 Å². The van der Waals surface area contributed by atoms with Gasteiger partial charge in [-0.15, -0.1) is 0 Å². The first-order chi connectivity index (χ1) is 15.0. The maximum absolute atomic E-state index is 12.5. The molecule has 0 radical (unpaired) electrons. The van der Waals surface area contributed by atoms with Crippen molar-refractivity contribution in [3.05, 3.63) is 0 Å². The number of aliphatic hydroxyl groups excluding tert-OH is 1. The Morgan fingerprint density at radius 3 is 2.12 bits per heavy atom. The van der Waals surface area contributed by atoms with Crippen molar-refractivity contribution >= 4 is 29.7 Å². The van der Waals surface area contributed by atoms with Crippen molar-refractivity contribution in [3.8, 4) is 0 Å². The predicted octanol–water partition coefficient (Wildman–Crippen LogP) is -3.95. The van der Waals surface area contributed by atoms with Crippen molar-refractivity contribution in [2.45, 2.75) is 63.3 Å². The number of aliphatic carboxylic acids is 1. The second-order valence-electron chi connectivity index (χ2n) is 7.24. The summed E-state index contributed by atoms with van der Waals surface area (Å²) in [7, 11) is 0. The van der Waals surface area contributed by atoms with Gasteiger partial charge in [-0.3, -0.25) is 19.4 Å². The van der Waals surface area contributed by atoms with Crippen LogP contribution < -0.4 is 38.9 Å². The first-order valence-electron chi connectivity index (χ1n) is 10.3. The Kier molecular flexibility index (Phi) is 14.3. The summed E-state index contributed by atoms with van der Waals surface area (Å²) < 4.78 is 0. The van der Waals surface area contributed by atoms with E-state index in [2.05, 4.69) is 20.9 Å². The molecule has 0 aliphatic rings. The Morgan fingerprint density at radius 1 is 0.969 bits per heavy atom. The number of nitrogens with one attached hydrogen (secondary N) is 3. The first kappa shape index (κ1) is 29.0. The molecule has 0 heterocycles. The van der Waals surface area contributed by atoms with E-state index in [0.29, 0.717) is 25.8 Å². The van der Waals surface area contributed by atoms with Gasteiger partial charge in [0.15, 0.2) is 5.96 Å². The molecule has 0 rings (SSSR count). The van der Waals surface area contributed by atoms with Crippen LogP contribution in [0.4, 0.5) is 0 Å². The number of hydrogen-bond donors (Lipinski definition) is 9. The van der Waals surface area contributed by atoms with Crippen LogP contribution >= 0.6 is 0 Å². The molecule has 0 aromatic rings. The normalized spacial score (nSPS) is 14.4. The Balaban J connectivity index is 4.91. The molecular weight excluding hydrogens is 424 g/mol. The SMILES string of the molecule is CC(O)C(N)C(=O)NC(CCCN=C(N)N)C(=O)NCC(=O)NC(CCCCN)C(=O)O. The fraction of sp³-hybridized carbons (Fsp3) is 0.722. The highest BCUT2D eigenvalue weighted by atomic mass is 16.4. The maximum Gasteiger partial charge on any atom is 0.326 e. The number of rotatable bonds is 16. The van der Waals surface area contributed by atoms with Gasteiger partial charge in [0.1, 0.15) is 18.1 Å². The third-order valence-corrected chi connectivity index (χ3v) is 4.40. The molecule has 14 nitrogen and oxygen atoms in total. The number of carboxylic acid groups (broad SMARTS) is 1. The van der Waals surface area contributed by atoms with Crippen molar-refractivity contribution < 1.29 is 29.4 Å². The number of aliphatic imine (C=N–C) groups is 1. The predicted molar refractivity (Wildman–Crippen MR) is 117 cm³/mol. The zero-order chi connectivity index (χ0) is 24.7. The number of nitrogens with zero attached hydrogens (tertiary/aromatic N) is 1. The lowest BCUT2D eigenvalue weighted by molar-refractivity contribution is -0.142. The van der Waals surface area contributed by atoms with E-state index in [9.17, 15) is 29.4 Å². The molecule has 4 atom stereocenters. The molecule has 0 fully saturated rings. The van der Waals surface area contributed by atoms with Gasteiger partial charge in [-0.1, -0.05) is 0 Å². The molecule has 13 N–H and O–H groups in total. The summed E-state index contributed by atoms with van der Waals surface area (Å²) in [6, 6.07) is -3.43. The molecule has 0 aliphatic heterocycles. The van der Waals surface area contributed by atoms with E-state index in [-0.39, 0.29) is 25.3 Å². The molecule has 0 saturated heterocycles. The summed E-state index contributed by atoms with van der Waals surface area (Å²) >= 11 is 0. The summed E-state index contributed by atoms with van der Waals surface area (Å²) in [5.41, 5.74) is 21.4. The van der Waals surface area contributed by atoms with Gasteiger partial charge in [-0.2, -0.15) is 0 Å². The summed E-state index contributed by atoms with van der Waals surface area (Å²) in [5, 5.41) is 25.8. The monoisotopic (exact) mass is 460 g/mol. The number of carbonyl (C=O) groups excluding carboxylic acids is 3. The van der Waals surface area contributed by atoms with Gasteiger partial charge in [-0.05, 0) is 45.6 Å². The van der Waals surface area contributed by atoms with Crippen molar-refractivity contribution in [2.75, 3.05) is 19.6 Å². The highest BCUT2D eigenvalue weighted by Gasteiger charge is 2.26. The number of hydrogen-bond acceptors (Lipinski definition) is 8. The highest BCUT2D eigenvalue weighted by molar-refractivity contribution is 5.92. The first-order valence-corrected chi connectivity index (χ1v) is 10.3. The van der Waals surface area contributed by atoms with Crippen LogP contribution in [-0.2, 0) is 19.2 Å². The topological polar surface area (TPSA) is 261 Å². The molecular formula is C18H36N8O6. The Bertz CT molecular complexity index is 653. The average Bonchev–Trinajstić information content (AvgIpc) is 2.72. The molecule has 0 aromatic carbocycles. The number of carbonyl (C=O) groups is 4. The fourth-order valence-electron chi connectivity index (χ4n) is 2.55. The second-order valence-corrected chi connectivity index (χ2v) is 7.24. The third-order valence-electron chi connectivity index (χ3n) is 4.40. The molecule has 0 bridgehead atoms. The number of amides is 3. The summed E-state index contributed by atoms with van der Waals surface area (Å²) in [4.78, 5) is 51.8. The lowest BCUT2D eigenvalue weighted by atomic mass is 10.1. The number of aliphatic hydroxyl groups is 1. The number of nitrogens with two attached hydrogens (primary N) is 4. The van der Waals surface area contributed by atoms with Gasteiger partial charge < -0.3 is 49.1 Å². The Morgan fingerprint density at radius 2 is 1.59 bits per heavy atom. The molecule has 32 heavy (non-hydrogen) atoms. The average molecular weight is 461 g/mol. The lowest BCUT2D eigenvalue weighted by Crippen LogP contribution is -2.55. The molecule has 0 aromatic heterocycles. The molecule has 184 valence electrons. The zero-order valence-electron chi connectivity index (χ0n) is 18.3. The van der Waals surface area contributed by atoms with Crippen molar-refractivity contribution in [1.82, 2.24) is 16.0 Å². The minimum absolute atomic E-state index is 0.123. The minimum atomic E-state index is -1.25. The number of guanidine groups is 1. The van der Waals surface area contributed by atoms with E-state index < -0.39 is 54.5 Å². The van der Waals surface area contributed by atoms with E-state index >= 15 is 0 Å². The van der Waals surface area contributed by atoms with Crippen LogP contribution in [0.2, 0.25) is 0 Å². The van der Waals surface area contributed by atoms with Gasteiger partial charge in [0, 0.05) is 6.54 Å². The lowest BCUT2D eigenvalue weighted by Gasteiger charge is -2.22. The molecule has 14 heteroatoms. The van der Waals surface area contributed by atoms with Crippen LogP contribution in [0.25, 0.3) is 0 Å². The third kappa shape index (κ3) is 12.7. The van der Waals surface area contributed by atoms with Gasteiger partial charge >= 0.3 is 5.97 Å². The number of unbranched alkanes of at least 4 members (excludes halogenated alkanes) is 1. The summed E-state index contributed by atoms with van der Waals surface area (Å²) in [5.74, 6) is -3.46. The van der Waals surface area contributed by atoms with Crippen LogP contribution in [0.3, 0.4) is 0 Å². The van der Waals surface area contributed by atoms with E-state index in [1.54, 1.807) is 0 Å². The molecule has 3 amide bonds. The van der Waals surface area contributed by atoms with Gasteiger partial charge in [0.25, 0.3) is 0 Å². The molecule has 0 saturated carbocycles. The van der Waals surface area contributed by atoms with Crippen molar-refractivity contribution in [3.63, 3.8) is 0 Å². The standard InChI is InChI=1S/C18H36N8O6/c1-10(27)14(20)16(30)26-11(6-4-8-23-18(21)22)15(29)24-9-13(28)25-12(17(31)32)5-2-3-7-19/h10-12,14,27H,2-9,19-20H2,1H3,(H,24,29)(H,25,28)(H,26,30)(H,31,32)(H4,21,22,23). The highest BCUT2D eigenvalue weighted by Crippen LogP contribution is 2.02. The van der Waals surface area contributed by atoms with Crippen LogP contribution in [0.15, 0.2) is 4.99 Å². The molecule has 0 aliphatic carbocycles. The van der Waals surface area contributed by atoms with E-state index in [1.807, 2.05) is 0 Å². The van der Waals surface area contributed by atoms with Crippen LogP contribution in [-0.4, -0.2) is 83.7 Å². The van der Waals surface area contributed by atoms with Gasteiger partial charge in [-0.25, -0.2) is 4.79 Å². The largest absolute Gasteiger partial charge is 0.480 e. The van der Waals surface area contributed by atoms with E-state index in [1.165, 1.54) is 6.92 Å². The quantitative estimate of drug-likeness (QED) is 0.0612. The maximum atomic E-state index is 12.5. The van der Waals surface area contributed by atoms with Crippen LogP contribution in [0.5, 0.6) is 0 Å². The van der Waals surface area contributed by atoms with E-state index in [0.717, 1.165) is 0 Å². The smallest absolute Gasteiger partial charge is 0.326 e. The second kappa shape index (κ2) is 15.8. The fourth-order valence-corrected chi connectivity index (χ4v) is 2.55. The summed E-state index contributed by atoms with van der Waals surface area (Å²) in [6.45, 7) is 1.44. The van der Waals surface area contributed by atoms with Crippen molar-refractivity contribution in [1.29, 1.82) is 0 Å².